The molecule has 0 saturated carbocycles. The second kappa shape index (κ2) is 5.51. The molecule has 0 amide bonds. The van der Waals surface area contributed by atoms with E-state index in [-0.39, 0.29) is 5.56 Å². The number of hydrogen-bond donors (Lipinski definition) is 1. The molecule has 0 saturated heterocycles. The summed E-state index contributed by atoms with van der Waals surface area (Å²) in [6.45, 7) is 1.82. The van der Waals surface area contributed by atoms with Gasteiger partial charge >= 0.3 is 6.18 Å². The molecule has 1 rings (SSSR count). The molecule has 0 fully saturated rings. The summed E-state index contributed by atoms with van der Waals surface area (Å²) in [7, 11) is 1.45. The molecule has 0 spiro atoms. The topological polar surface area (TPSA) is 35.2 Å². The fraction of sp³-hybridized carbons (Fsp3) is 0.500. The van der Waals surface area contributed by atoms with Crippen molar-refractivity contribution in [2.45, 2.75) is 31.7 Å². The first-order valence-corrected chi connectivity index (χ1v) is 5.36. The molecule has 0 aromatic heterocycles. The summed E-state index contributed by atoms with van der Waals surface area (Å²) in [6, 6.07) is 4.56. The van der Waals surface area contributed by atoms with Crippen LogP contribution in [-0.2, 0) is 10.9 Å². The molecule has 0 aliphatic rings. The Hall–Kier alpha value is -1.07. The fourth-order valence-electron chi connectivity index (χ4n) is 1.81. The van der Waals surface area contributed by atoms with Gasteiger partial charge in [0.05, 0.1) is 17.7 Å². The van der Waals surface area contributed by atoms with Gasteiger partial charge in [0, 0.05) is 7.11 Å². The molecule has 0 heterocycles. The minimum Gasteiger partial charge on any atom is -0.379 e. The van der Waals surface area contributed by atoms with Crippen LogP contribution in [0.3, 0.4) is 0 Å². The molecule has 17 heavy (non-hydrogen) atoms. The van der Waals surface area contributed by atoms with E-state index in [2.05, 4.69) is 0 Å². The monoisotopic (exact) mass is 247 g/mol. The number of alkyl halides is 3. The van der Waals surface area contributed by atoms with Crippen LogP contribution in [-0.4, -0.2) is 13.2 Å². The zero-order valence-corrected chi connectivity index (χ0v) is 9.79. The van der Waals surface area contributed by atoms with Crippen molar-refractivity contribution in [1.82, 2.24) is 0 Å². The van der Waals surface area contributed by atoms with Gasteiger partial charge in [0.1, 0.15) is 0 Å². The van der Waals surface area contributed by atoms with Crippen LogP contribution < -0.4 is 5.73 Å². The Kier molecular flexibility index (Phi) is 4.54. The zero-order valence-electron chi connectivity index (χ0n) is 9.79. The Balaban J connectivity index is 3.13. The molecule has 5 heteroatoms. The van der Waals surface area contributed by atoms with Crippen LogP contribution in [0.15, 0.2) is 24.3 Å². The van der Waals surface area contributed by atoms with Gasteiger partial charge in [-0.25, -0.2) is 0 Å². The maximum Gasteiger partial charge on any atom is 0.416 e. The maximum atomic E-state index is 12.8. The molecule has 2 N–H and O–H groups in total. The Morgan fingerprint density at radius 3 is 2.35 bits per heavy atom. The molecule has 2 unspecified atom stereocenters. The van der Waals surface area contributed by atoms with Crippen LogP contribution in [0.2, 0.25) is 0 Å². The molecule has 2 atom stereocenters. The summed E-state index contributed by atoms with van der Waals surface area (Å²) < 4.78 is 43.4. The van der Waals surface area contributed by atoms with Gasteiger partial charge in [-0.15, -0.1) is 0 Å². The van der Waals surface area contributed by atoms with E-state index in [9.17, 15) is 13.2 Å². The summed E-state index contributed by atoms with van der Waals surface area (Å²) in [6.07, 6.45) is -4.25. The minimum absolute atomic E-state index is 0.0775. The van der Waals surface area contributed by atoms with Gasteiger partial charge in [0.15, 0.2) is 0 Å². The summed E-state index contributed by atoms with van der Waals surface area (Å²) in [5.74, 6) is 0. The van der Waals surface area contributed by atoms with Gasteiger partial charge in [-0.05, 0) is 18.1 Å². The quantitative estimate of drug-likeness (QED) is 0.887. The first-order chi connectivity index (χ1) is 7.91. The number of methoxy groups -OCH3 is 1. The van der Waals surface area contributed by atoms with Crippen molar-refractivity contribution in [2.24, 2.45) is 5.73 Å². The number of ether oxygens (including phenoxy) is 1. The van der Waals surface area contributed by atoms with Gasteiger partial charge in [-0.1, -0.05) is 25.1 Å². The van der Waals surface area contributed by atoms with Crippen LogP contribution in [0.5, 0.6) is 0 Å². The first kappa shape index (κ1) is 14.0. The van der Waals surface area contributed by atoms with Crippen molar-refractivity contribution >= 4 is 0 Å². The van der Waals surface area contributed by atoms with E-state index in [1.165, 1.54) is 19.2 Å². The van der Waals surface area contributed by atoms with Gasteiger partial charge in [-0.3, -0.25) is 0 Å². The highest BCUT2D eigenvalue weighted by Gasteiger charge is 2.35. The third kappa shape index (κ3) is 3.20. The number of rotatable bonds is 4. The molecule has 0 radical (unpaired) electrons. The van der Waals surface area contributed by atoms with E-state index in [1.54, 1.807) is 6.07 Å². The van der Waals surface area contributed by atoms with E-state index in [0.717, 1.165) is 6.07 Å². The predicted molar refractivity (Wildman–Crippen MR) is 59.5 cm³/mol. The Morgan fingerprint density at radius 1 is 1.29 bits per heavy atom. The van der Waals surface area contributed by atoms with E-state index in [4.69, 9.17) is 10.5 Å². The molecule has 2 nitrogen and oxygen atoms in total. The van der Waals surface area contributed by atoms with Gasteiger partial charge < -0.3 is 10.5 Å². The number of hydrogen-bond acceptors (Lipinski definition) is 2. The minimum atomic E-state index is -4.39. The van der Waals surface area contributed by atoms with Crippen molar-refractivity contribution in [3.63, 3.8) is 0 Å². The van der Waals surface area contributed by atoms with E-state index >= 15 is 0 Å². The number of benzene rings is 1. The van der Waals surface area contributed by atoms with Crippen LogP contribution >= 0.6 is 0 Å². The molecule has 96 valence electrons. The largest absolute Gasteiger partial charge is 0.416 e. The highest BCUT2D eigenvalue weighted by Crippen LogP contribution is 2.35. The van der Waals surface area contributed by atoms with Crippen molar-refractivity contribution < 1.29 is 17.9 Å². The van der Waals surface area contributed by atoms with Gasteiger partial charge in [0.25, 0.3) is 0 Å². The summed E-state index contributed by atoms with van der Waals surface area (Å²) >= 11 is 0. The van der Waals surface area contributed by atoms with Crippen molar-refractivity contribution in [1.29, 1.82) is 0 Å². The van der Waals surface area contributed by atoms with E-state index < -0.39 is 23.9 Å². The Morgan fingerprint density at radius 2 is 1.88 bits per heavy atom. The van der Waals surface area contributed by atoms with Gasteiger partial charge in [-0.2, -0.15) is 13.2 Å². The molecular formula is C12H16F3NO. The lowest BCUT2D eigenvalue weighted by Gasteiger charge is -2.24. The maximum absolute atomic E-state index is 12.8. The smallest absolute Gasteiger partial charge is 0.379 e. The fourth-order valence-corrected chi connectivity index (χ4v) is 1.81. The lowest BCUT2D eigenvalue weighted by Crippen LogP contribution is -2.29. The lowest BCUT2D eigenvalue weighted by molar-refractivity contribution is -0.138. The average Bonchev–Trinajstić information content (AvgIpc) is 2.29. The van der Waals surface area contributed by atoms with E-state index in [0.29, 0.717) is 6.42 Å². The Labute approximate surface area is 98.6 Å². The van der Waals surface area contributed by atoms with Crippen molar-refractivity contribution in [3.8, 4) is 0 Å². The SMILES string of the molecule is CCC(OC)C(N)c1ccccc1C(F)(F)F. The second-order valence-corrected chi connectivity index (χ2v) is 3.79. The average molecular weight is 247 g/mol. The molecular weight excluding hydrogens is 231 g/mol. The predicted octanol–water partition coefficient (Wildman–Crippen LogP) is 3.13. The summed E-state index contributed by atoms with van der Waals surface area (Å²) in [4.78, 5) is 0. The third-order valence-corrected chi connectivity index (χ3v) is 2.73. The lowest BCUT2D eigenvalue weighted by atomic mass is 9.95. The number of nitrogens with two attached hydrogens (primary N) is 1. The molecule has 1 aromatic rings. The van der Waals surface area contributed by atoms with Crippen molar-refractivity contribution in [3.05, 3.63) is 35.4 Å². The van der Waals surface area contributed by atoms with Crippen LogP contribution in [0.25, 0.3) is 0 Å². The van der Waals surface area contributed by atoms with E-state index in [1.807, 2.05) is 6.92 Å². The zero-order chi connectivity index (χ0) is 13.1. The summed E-state index contributed by atoms with van der Waals surface area (Å²) in [5.41, 5.74) is 5.22. The number of halogens is 3. The normalized spacial score (nSPS) is 15.6. The molecule has 0 aliphatic carbocycles. The third-order valence-electron chi connectivity index (χ3n) is 2.73. The Bertz CT molecular complexity index is 361. The molecule has 0 aliphatic heterocycles. The first-order valence-electron chi connectivity index (χ1n) is 5.36. The van der Waals surface area contributed by atoms with Crippen LogP contribution in [0.4, 0.5) is 13.2 Å². The van der Waals surface area contributed by atoms with Gasteiger partial charge in [0.2, 0.25) is 0 Å². The van der Waals surface area contributed by atoms with Crippen LogP contribution in [0.1, 0.15) is 30.5 Å². The standard InChI is InChI=1S/C12H16F3NO/c1-3-10(17-2)11(16)8-6-4-5-7-9(8)12(13,14)15/h4-7,10-11H,3,16H2,1-2H3. The summed E-state index contributed by atoms with van der Waals surface area (Å²) in [5, 5.41) is 0. The highest BCUT2D eigenvalue weighted by molar-refractivity contribution is 5.32. The molecule has 1 aromatic carbocycles. The second-order valence-electron chi connectivity index (χ2n) is 3.79. The highest BCUT2D eigenvalue weighted by atomic mass is 19.4. The molecule has 0 bridgehead atoms. The van der Waals surface area contributed by atoms with Crippen molar-refractivity contribution in [2.75, 3.05) is 7.11 Å². The van der Waals surface area contributed by atoms with Crippen LogP contribution in [0, 0.1) is 0 Å².